The zero-order chi connectivity index (χ0) is 22.7. The Morgan fingerprint density at radius 2 is 1.81 bits per heavy atom. The van der Waals surface area contributed by atoms with Gasteiger partial charge in [-0.1, -0.05) is 23.7 Å². The fourth-order valence-electron chi connectivity index (χ4n) is 3.35. The molecule has 0 unspecified atom stereocenters. The minimum Gasteiger partial charge on any atom is -0.378 e. The molecule has 0 bridgehead atoms. The maximum atomic E-state index is 12.8. The standard InChI is InChI=1S/C23H23ClN6O2/c1-28(2)19-9-5-17(6-10-19)22(31)25-11-12-30-21-20(13-27-30)23(32)29(15-26-21)14-16-3-7-18(24)8-4-16/h3-10,13,15H,11-12,14H2,1-2H3,(H,25,31). The van der Waals surface area contributed by atoms with E-state index in [0.717, 1.165) is 11.3 Å². The highest BCUT2D eigenvalue weighted by Gasteiger charge is 2.11. The number of aromatic nitrogens is 4. The van der Waals surface area contributed by atoms with E-state index in [-0.39, 0.29) is 11.5 Å². The van der Waals surface area contributed by atoms with Crippen molar-refractivity contribution >= 4 is 34.2 Å². The molecule has 0 aliphatic rings. The van der Waals surface area contributed by atoms with Crippen molar-refractivity contribution in [2.24, 2.45) is 0 Å². The maximum absolute atomic E-state index is 12.8. The number of nitrogens with zero attached hydrogens (tertiary/aromatic N) is 5. The van der Waals surface area contributed by atoms with Gasteiger partial charge >= 0.3 is 0 Å². The minimum atomic E-state index is -0.166. The van der Waals surface area contributed by atoms with Crippen LogP contribution in [0.5, 0.6) is 0 Å². The first-order valence-electron chi connectivity index (χ1n) is 10.1. The Morgan fingerprint density at radius 3 is 2.50 bits per heavy atom. The Labute approximate surface area is 190 Å². The van der Waals surface area contributed by atoms with Crippen LogP contribution >= 0.6 is 11.6 Å². The van der Waals surface area contributed by atoms with Crippen molar-refractivity contribution in [2.75, 3.05) is 25.5 Å². The fourth-order valence-corrected chi connectivity index (χ4v) is 3.47. The van der Waals surface area contributed by atoms with E-state index in [9.17, 15) is 9.59 Å². The van der Waals surface area contributed by atoms with Crippen molar-refractivity contribution in [1.82, 2.24) is 24.6 Å². The molecule has 9 heteroatoms. The van der Waals surface area contributed by atoms with Crippen molar-refractivity contribution in [3.05, 3.63) is 87.6 Å². The third kappa shape index (κ3) is 4.65. The molecule has 1 amide bonds. The van der Waals surface area contributed by atoms with Gasteiger partial charge in [0, 0.05) is 36.9 Å². The van der Waals surface area contributed by atoms with Crippen molar-refractivity contribution in [3.63, 3.8) is 0 Å². The molecule has 0 spiro atoms. The van der Waals surface area contributed by atoms with Gasteiger partial charge in [0.05, 0.1) is 19.3 Å². The van der Waals surface area contributed by atoms with Crippen LogP contribution in [0.1, 0.15) is 15.9 Å². The molecular formula is C23H23ClN6O2. The average Bonchev–Trinajstić information content (AvgIpc) is 3.21. The molecule has 0 saturated carbocycles. The summed E-state index contributed by atoms with van der Waals surface area (Å²) in [7, 11) is 3.90. The SMILES string of the molecule is CN(C)c1ccc(C(=O)NCCn2ncc3c(=O)n(Cc4ccc(Cl)cc4)cnc32)cc1. The maximum Gasteiger partial charge on any atom is 0.264 e. The van der Waals surface area contributed by atoms with E-state index in [1.807, 2.05) is 43.3 Å². The molecular weight excluding hydrogens is 428 g/mol. The topological polar surface area (TPSA) is 85.0 Å². The zero-order valence-corrected chi connectivity index (χ0v) is 18.6. The number of hydrogen-bond donors (Lipinski definition) is 1. The Morgan fingerprint density at radius 1 is 1.09 bits per heavy atom. The van der Waals surface area contributed by atoms with Gasteiger partial charge in [-0.25, -0.2) is 9.67 Å². The second kappa shape index (κ2) is 9.23. The van der Waals surface area contributed by atoms with Gasteiger partial charge in [-0.15, -0.1) is 0 Å². The Balaban J connectivity index is 1.41. The van der Waals surface area contributed by atoms with E-state index in [0.29, 0.717) is 41.3 Å². The minimum absolute atomic E-state index is 0.162. The van der Waals surface area contributed by atoms with Crippen LogP contribution in [0.15, 0.2) is 65.8 Å². The number of benzene rings is 2. The number of carbonyl (C=O) groups excluding carboxylic acids is 1. The third-order valence-corrected chi connectivity index (χ3v) is 5.40. The average molecular weight is 451 g/mol. The molecule has 4 rings (SSSR count). The second-order valence-corrected chi connectivity index (χ2v) is 8.04. The summed E-state index contributed by atoms with van der Waals surface area (Å²) in [5, 5.41) is 8.25. The van der Waals surface area contributed by atoms with Gasteiger partial charge in [-0.2, -0.15) is 5.10 Å². The van der Waals surface area contributed by atoms with Crippen LogP contribution in [0, 0.1) is 0 Å². The molecule has 0 atom stereocenters. The monoisotopic (exact) mass is 450 g/mol. The first kappa shape index (κ1) is 21.6. The van der Waals surface area contributed by atoms with E-state index >= 15 is 0 Å². The molecule has 0 aliphatic carbocycles. The summed E-state index contributed by atoms with van der Waals surface area (Å²) in [6.45, 7) is 1.16. The molecule has 4 aromatic rings. The van der Waals surface area contributed by atoms with Crippen LogP contribution < -0.4 is 15.8 Å². The zero-order valence-electron chi connectivity index (χ0n) is 17.8. The highest BCUT2D eigenvalue weighted by Crippen LogP contribution is 2.13. The van der Waals surface area contributed by atoms with Crippen molar-refractivity contribution in [1.29, 1.82) is 0 Å². The fraction of sp³-hybridized carbons (Fsp3) is 0.217. The summed E-state index contributed by atoms with van der Waals surface area (Å²) in [4.78, 5) is 31.6. The predicted octanol–water partition coefficient (Wildman–Crippen LogP) is 2.79. The van der Waals surface area contributed by atoms with Crippen molar-refractivity contribution < 1.29 is 4.79 Å². The Kier molecular flexibility index (Phi) is 6.23. The van der Waals surface area contributed by atoms with Crippen LogP contribution in [0.4, 0.5) is 5.69 Å². The molecule has 8 nitrogen and oxygen atoms in total. The third-order valence-electron chi connectivity index (χ3n) is 5.14. The summed E-state index contributed by atoms with van der Waals surface area (Å²) >= 11 is 5.92. The number of amides is 1. The van der Waals surface area contributed by atoms with Crippen LogP contribution in [-0.4, -0.2) is 45.9 Å². The number of hydrogen-bond acceptors (Lipinski definition) is 5. The molecule has 2 aromatic carbocycles. The van der Waals surface area contributed by atoms with Gasteiger partial charge in [0.1, 0.15) is 11.7 Å². The predicted molar refractivity (Wildman–Crippen MR) is 125 cm³/mol. The summed E-state index contributed by atoms with van der Waals surface area (Å²) in [5.41, 5.74) is 2.89. The lowest BCUT2D eigenvalue weighted by atomic mass is 10.2. The highest BCUT2D eigenvalue weighted by molar-refractivity contribution is 6.30. The van der Waals surface area contributed by atoms with Gasteiger partial charge in [-0.3, -0.25) is 14.2 Å². The number of nitrogens with one attached hydrogen (secondary N) is 1. The molecule has 0 radical (unpaired) electrons. The molecule has 1 N–H and O–H groups in total. The van der Waals surface area contributed by atoms with Gasteiger partial charge in [0.2, 0.25) is 0 Å². The molecule has 0 fully saturated rings. The van der Waals surface area contributed by atoms with Crippen molar-refractivity contribution in [2.45, 2.75) is 13.1 Å². The largest absolute Gasteiger partial charge is 0.378 e. The summed E-state index contributed by atoms with van der Waals surface area (Å²) in [6, 6.07) is 14.7. The van der Waals surface area contributed by atoms with E-state index < -0.39 is 0 Å². The highest BCUT2D eigenvalue weighted by atomic mass is 35.5. The molecule has 2 aromatic heterocycles. The smallest absolute Gasteiger partial charge is 0.264 e. The van der Waals surface area contributed by atoms with Crippen LogP contribution in [0.2, 0.25) is 5.02 Å². The van der Waals surface area contributed by atoms with Crippen LogP contribution in [0.3, 0.4) is 0 Å². The number of carbonyl (C=O) groups is 1. The second-order valence-electron chi connectivity index (χ2n) is 7.61. The number of rotatable bonds is 7. The molecule has 0 saturated heterocycles. The molecule has 2 heterocycles. The lowest BCUT2D eigenvalue weighted by molar-refractivity contribution is 0.0952. The van der Waals surface area contributed by atoms with E-state index in [4.69, 9.17) is 11.6 Å². The van der Waals surface area contributed by atoms with Crippen LogP contribution in [0.25, 0.3) is 11.0 Å². The number of anilines is 1. The van der Waals surface area contributed by atoms with Gasteiger partial charge in [0.25, 0.3) is 11.5 Å². The van der Waals surface area contributed by atoms with E-state index in [1.165, 1.54) is 17.1 Å². The quantitative estimate of drug-likeness (QED) is 0.468. The first-order chi connectivity index (χ1) is 15.4. The Hall–Kier alpha value is -3.65. The first-order valence-corrected chi connectivity index (χ1v) is 10.5. The van der Waals surface area contributed by atoms with E-state index in [2.05, 4.69) is 15.4 Å². The number of fused-ring (bicyclic) bond motifs is 1. The van der Waals surface area contributed by atoms with Gasteiger partial charge < -0.3 is 10.2 Å². The van der Waals surface area contributed by atoms with Gasteiger partial charge in [0.15, 0.2) is 5.65 Å². The molecule has 32 heavy (non-hydrogen) atoms. The summed E-state index contributed by atoms with van der Waals surface area (Å²) in [6.07, 6.45) is 3.03. The van der Waals surface area contributed by atoms with Gasteiger partial charge in [-0.05, 0) is 42.0 Å². The van der Waals surface area contributed by atoms with E-state index in [1.54, 1.807) is 28.9 Å². The normalized spacial score (nSPS) is 11.0. The lowest BCUT2D eigenvalue weighted by Crippen LogP contribution is -2.28. The molecule has 0 aliphatic heterocycles. The Bertz CT molecular complexity index is 1290. The molecule has 164 valence electrons. The lowest BCUT2D eigenvalue weighted by Gasteiger charge is -2.12. The van der Waals surface area contributed by atoms with Crippen molar-refractivity contribution in [3.8, 4) is 0 Å². The summed E-state index contributed by atoms with van der Waals surface area (Å²) < 4.78 is 3.16. The number of halogens is 1. The van der Waals surface area contributed by atoms with Crippen LogP contribution in [-0.2, 0) is 13.1 Å². The summed E-state index contributed by atoms with van der Waals surface area (Å²) in [5.74, 6) is -0.162.